The van der Waals surface area contributed by atoms with Crippen molar-refractivity contribution in [2.24, 2.45) is 0 Å². The minimum absolute atomic E-state index is 0.0525. The van der Waals surface area contributed by atoms with Gasteiger partial charge in [0.25, 0.3) is 0 Å². The molecule has 0 aliphatic carbocycles. The van der Waals surface area contributed by atoms with E-state index < -0.39 is 0 Å². The maximum atomic E-state index is 8.70. The molecule has 1 atom stereocenters. The first-order chi connectivity index (χ1) is 5.20. The van der Waals surface area contributed by atoms with Crippen molar-refractivity contribution in [2.75, 3.05) is 39.6 Å². The lowest BCUT2D eigenvalue weighted by molar-refractivity contribution is 0.0218. The fourth-order valence-corrected chi connectivity index (χ4v) is 0.786. The highest BCUT2D eigenvalue weighted by molar-refractivity contribution is 7.80. The van der Waals surface area contributed by atoms with Crippen molar-refractivity contribution >= 4 is 12.6 Å². The third-order valence-corrected chi connectivity index (χ3v) is 1.71. The van der Waals surface area contributed by atoms with Crippen LogP contribution in [0.15, 0.2) is 0 Å². The zero-order chi connectivity index (χ0) is 8.69. The van der Waals surface area contributed by atoms with Crippen molar-refractivity contribution in [1.82, 2.24) is 4.90 Å². The molecule has 0 bridgehead atoms. The number of likely N-dealkylation sites (N-methyl/N-ethyl adjacent to an activating group) is 1. The van der Waals surface area contributed by atoms with Crippen LogP contribution in [0.3, 0.4) is 0 Å². The molecule has 0 radical (unpaired) electrons. The minimum atomic E-state index is -0.113. The summed E-state index contributed by atoms with van der Waals surface area (Å²) < 4.78 is 5.28. The van der Waals surface area contributed by atoms with Gasteiger partial charge >= 0.3 is 0 Å². The van der Waals surface area contributed by atoms with Gasteiger partial charge in [0.1, 0.15) is 0 Å². The maximum Gasteiger partial charge on any atom is 0.0893 e. The monoisotopic (exact) mass is 179 g/mol. The van der Waals surface area contributed by atoms with Gasteiger partial charge in [-0.05, 0) is 14.1 Å². The third-order valence-electron chi connectivity index (χ3n) is 1.30. The Hall–Kier alpha value is 0.230. The Morgan fingerprint density at radius 3 is 2.55 bits per heavy atom. The first kappa shape index (κ1) is 11.2. The van der Waals surface area contributed by atoms with E-state index in [-0.39, 0.29) is 12.7 Å². The predicted molar refractivity (Wildman–Crippen MR) is 49.2 cm³/mol. The summed E-state index contributed by atoms with van der Waals surface area (Å²) in [6.07, 6.45) is -0.113. The second-order valence-electron chi connectivity index (χ2n) is 2.66. The van der Waals surface area contributed by atoms with Gasteiger partial charge in [-0.15, -0.1) is 0 Å². The number of hydrogen-bond donors (Lipinski definition) is 2. The molecule has 0 aliphatic rings. The number of rotatable bonds is 6. The molecule has 0 spiro atoms. The summed E-state index contributed by atoms with van der Waals surface area (Å²) >= 11 is 4.02. The van der Waals surface area contributed by atoms with Gasteiger partial charge in [-0.1, -0.05) is 0 Å². The van der Waals surface area contributed by atoms with Crippen LogP contribution in [-0.4, -0.2) is 55.7 Å². The molecule has 0 saturated carbocycles. The van der Waals surface area contributed by atoms with Crippen molar-refractivity contribution in [3.05, 3.63) is 0 Å². The first-order valence-electron chi connectivity index (χ1n) is 3.68. The first-order valence-corrected chi connectivity index (χ1v) is 4.32. The molecule has 68 valence electrons. The molecule has 0 aromatic rings. The summed E-state index contributed by atoms with van der Waals surface area (Å²) in [5, 5.41) is 8.70. The Morgan fingerprint density at radius 1 is 1.55 bits per heavy atom. The zero-order valence-electron chi connectivity index (χ0n) is 7.16. The van der Waals surface area contributed by atoms with E-state index in [0.29, 0.717) is 12.4 Å². The van der Waals surface area contributed by atoms with E-state index in [0.717, 1.165) is 6.54 Å². The molecule has 0 aliphatic heterocycles. The van der Waals surface area contributed by atoms with Crippen LogP contribution in [0, 0.1) is 0 Å². The van der Waals surface area contributed by atoms with E-state index in [9.17, 15) is 0 Å². The standard InChI is InChI=1S/C7H17NO2S/c1-8(2)3-4-10-7(5-9)6-11/h7,9,11H,3-6H2,1-2H3/t7-/m0/s1. The van der Waals surface area contributed by atoms with Gasteiger partial charge in [-0.3, -0.25) is 0 Å². The van der Waals surface area contributed by atoms with Crippen LogP contribution >= 0.6 is 12.6 Å². The summed E-state index contributed by atoms with van der Waals surface area (Å²) in [5.41, 5.74) is 0. The van der Waals surface area contributed by atoms with Gasteiger partial charge in [0.2, 0.25) is 0 Å². The van der Waals surface area contributed by atoms with E-state index >= 15 is 0 Å². The fraction of sp³-hybridized carbons (Fsp3) is 1.00. The van der Waals surface area contributed by atoms with Crippen LogP contribution in [0.1, 0.15) is 0 Å². The van der Waals surface area contributed by atoms with Crippen LogP contribution < -0.4 is 0 Å². The average Bonchev–Trinajstić information content (AvgIpc) is 1.98. The van der Waals surface area contributed by atoms with Gasteiger partial charge < -0.3 is 14.7 Å². The lowest BCUT2D eigenvalue weighted by Gasteiger charge is -2.14. The number of aliphatic hydroxyl groups excluding tert-OH is 1. The molecule has 1 N–H and O–H groups in total. The van der Waals surface area contributed by atoms with Gasteiger partial charge in [-0.25, -0.2) is 0 Å². The second kappa shape index (κ2) is 6.91. The molecular weight excluding hydrogens is 162 g/mol. The van der Waals surface area contributed by atoms with Gasteiger partial charge in [-0.2, -0.15) is 12.6 Å². The molecule has 4 heteroatoms. The molecule has 0 aromatic carbocycles. The molecule has 11 heavy (non-hydrogen) atoms. The van der Waals surface area contributed by atoms with Gasteiger partial charge in [0.05, 0.1) is 19.3 Å². The van der Waals surface area contributed by atoms with Gasteiger partial charge in [0, 0.05) is 12.3 Å². The molecular formula is C7H17NO2S. The van der Waals surface area contributed by atoms with E-state index in [4.69, 9.17) is 9.84 Å². The molecule has 3 nitrogen and oxygen atoms in total. The fourth-order valence-electron chi connectivity index (χ4n) is 0.565. The smallest absolute Gasteiger partial charge is 0.0893 e. The Labute approximate surface area is 73.8 Å². The lowest BCUT2D eigenvalue weighted by Crippen LogP contribution is -2.25. The topological polar surface area (TPSA) is 32.7 Å². The Bertz CT molecular complexity index is 86.5. The Balaban J connectivity index is 3.21. The van der Waals surface area contributed by atoms with Crippen LogP contribution in [0.4, 0.5) is 0 Å². The molecule has 0 heterocycles. The summed E-state index contributed by atoms with van der Waals surface area (Å²) in [4.78, 5) is 2.03. The third kappa shape index (κ3) is 6.62. The highest BCUT2D eigenvalue weighted by atomic mass is 32.1. The van der Waals surface area contributed by atoms with E-state index in [1.54, 1.807) is 0 Å². The van der Waals surface area contributed by atoms with Crippen LogP contribution in [-0.2, 0) is 4.74 Å². The maximum absolute atomic E-state index is 8.70. The van der Waals surface area contributed by atoms with Crippen molar-refractivity contribution in [1.29, 1.82) is 0 Å². The normalized spacial score (nSPS) is 13.9. The molecule has 0 aromatic heterocycles. The molecule has 0 saturated heterocycles. The van der Waals surface area contributed by atoms with E-state index in [1.807, 2.05) is 19.0 Å². The summed E-state index contributed by atoms with van der Waals surface area (Å²) in [7, 11) is 3.97. The van der Waals surface area contributed by atoms with E-state index in [1.165, 1.54) is 0 Å². The largest absolute Gasteiger partial charge is 0.394 e. The Kier molecular flexibility index (Phi) is 7.06. The molecule has 0 rings (SSSR count). The number of hydrogen-bond acceptors (Lipinski definition) is 4. The zero-order valence-corrected chi connectivity index (χ0v) is 8.05. The molecule has 0 amide bonds. The SMILES string of the molecule is CN(C)CCO[C@@H](CO)CS. The van der Waals surface area contributed by atoms with E-state index in [2.05, 4.69) is 12.6 Å². The number of nitrogens with zero attached hydrogens (tertiary/aromatic N) is 1. The average molecular weight is 179 g/mol. The molecule has 0 fully saturated rings. The Morgan fingerprint density at radius 2 is 2.18 bits per heavy atom. The van der Waals surface area contributed by atoms with Crippen molar-refractivity contribution in [2.45, 2.75) is 6.10 Å². The molecule has 0 unspecified atom stereocenters. The van der Waals surface area contributed by atoms with Crippen molar-refractivity contribution < 1.29 is 9.84 Å². The number of aliphatic hydroxyl groups is 1. The highest BCUT2D eigenvalue weighted by Crippen LogP contribution is 1.93. The van der Waals surface area contributed by atoms with Gasteiger partial charge in [0.15, 0.2) is 0 Å². The highest BCUT2D eigenvalue weighted by Gasteiger charge is 2.03. The van der Waals surface area contributed by atoms with Crippen molar-refractivity contribution in [3.8, 4) is 0 Å². The lowest BCUT2D eigenvalue weighted by atomic mass is 10.4. The quantitative estimate of drug-likeness (QED) is 0.557. The minimum Gasteiger partial charge on any atom is -0.394 e. The van der Waals surface area contributed by atoms with Crippen LogP contribution in [0.2, 0.25) is 0 Å². The summed E-state index contributed by atoms with van der Waals surface area (Å²) in [6, 6.07) is 0. The summed E-state index contributed by atoms with van der Waals surface area (Å²) in [6.45, 7) is 1.58. The van der Waals surface area contributed by atoms with Crippen molar-refractivity contribution in [3.63, 3.8) is 0 Å². The van der Waals surface area contributed by atoms with Crippen LogP contribution in [0.25, 0.3) is 0 Å². The van der Waals surface area contributed by atoms with Crippen LogP contribution in [0.5, 0.6) is 0 Å². The predicted octanol–water partition coefficient (Wildman–Crippen LogP) is -0.145. The number of ether oxygens (including phenoxy) is 1. The number of thiol groups is 1. The second-order valence-corrected chi connectivity index (χ2v) is 3.03. The summed E-state index contributed by atoms with van der Waals surface area (Å²) in [5.74, 6) is 0.573.